The molecule has 2 heterocycles. The summed E-state index contributed by atoms with van der Waals surface area (Å²) < 4.78 is 24.1. The predicted molar refractivity (Wildman–Crippen MR) is 105 cm³/mol. The average Bonchev–Trinajstić information content (AvgIpc) is 3.27. The summed E-state index contributed by atoms with van der Waals surface area (Å²) in [5.74, 6) is 0.318. The van der Waals surface area contributed by atoms with Gasteiger partial charge in [0.05, 0.1) is 11.7 Å². The number of nitrogens with zero attached hydrogens (tertiary/aromatic N) is 3. The van der Waals surface area contributed by atoms with Crippen LogP contribution < -0.4 is 15.2 Å². The van der Waals surface area contributed by atoms with Gasteiger partial charge in [-0.3, -0.25) is 0 Å². The first kappa shape index (κ1) is 17.7. The highest BCUT2D eigenvalue weighted by Gasteiger charge is 2.36. The van der Waals surface area contributed by atoms with Crippen LogP contribution in [-0.2, 0) is 41.1 Å². The molecule has 0 radical (unpaired) electrons. The summed E-state index contributed by atoms with van der Waals surface area (Å²) in [5, 5.41) is 13.1. The van der Waals surface area contributed by atoms with Gasteiger partial charge in [0.1, 0.15) is 11.5 Å². The van der Waals surface area contributed by atoms with Crippen molar-refractivity contribution in [1.82, 2.24) is 9.78 Å². The molecule has 1 atom stereocenters. The number of hydrogen-bond acceptors (Lipinski definition) is 4. The van der Waals surface area contributed by atoms with Gasteiger partial charge in [-0.15, -0.1) is 4.36 Å². The number of anilines is 1. The standard InChI is InChI=1S/C19H23N5O3S/c1-19(2)10-27-17-15(9-21-24(17)19)28(20,26)23-18(25)22-16-13-5-3-4-11(13)8-12-6-7-14(12)16/h8-9H,3-7,10H2,1-2H3,(H3,20,22,23,25,26)/t28-/m0/s1. The van der Waals surface area contributed by atoms with Crippen molar-refractivity contribution in [2.24, 2.45) is 9.50 Å². The van der Waals surface area contributed by atoms with Gasteiger partial charge < -0.3 is 10.1 Å². The SMILES string of the molecule is CC1(C)COc2c([S@@](N)(=O)=NC(=O)Nc3c4c(cc5c3CC5)CCC4)cnn21. The zero-order valence-corrected chi connectivity index (χ0v) is 16.8. The Morgan fingerprint density at radius 2 is 2.04 bits per heavy atom. The van der Waals surface area contributed by atoms with E-state index in [1.54, 1.807) is 4.68 Å². The van der Waals surface area contributed by atoms with E-state index < -0.39 is 15.9 Å². The maximum Gasteiger partial charge on any atom is 0.354 e. The minimum atomic E-state index is -3.48. The Hall–Kier alpha value is -2.39. The fourth-order valence-corrected chi connectivity index (χ4v) is 5.27. The van der Waals surface area contributed by atoms with E-state index in [1.807, 2.05) is 13.8 Å². The Bertz CT molecular complexity index is 1140. The molecule has 2 aliphatic carbocycles. The summed E-state index contributed by atoms with van der Waals surface area (Å²) >= 11 is 0. The summed E-state index contributed by atoms with van der Waals surface area (Å²) in [5.41, 5.74) is 5.42. The van der Waals surface area contributed by atoms with E-state index in [-0.39, 0.29) is 10.4 Å². The number of aryl methyl sites for hydroxylation is 2. The van der Waals surface area contributed by atoms with E-state index in [2.05, 4.69) is 20.8 Å². The van der Waals surface area contributed by atoms with E-state index >= 15 is 0 Å². The van der Waals surface area contributed by atoms with E-state index in [9.17, 15) is 9.00 Å². The third kappa shape index (κ3) is 2.56. The van der Waals surface area contributed by atoms with Gasteiger partial charge in [-0.1, -0.05) is 6.07 Å². The van der Waals surface area contributed by atoms with Gasteiger partial charge in [0.15, 0.2) is 9.92 Å². The Balaban J connectivity index is 1.48. The molecule has 0 unspecified atom stereocenters. The fraction of sp³-hybridized carbons (Fsp3) is 0.474. The molecule has 1 aromatic carbocycles. The molecule has 148 valence electrons. The van der Waals surface area contributed by atoms with Crippen molar-refractivity contribution < 1.29 is 13.7 Å². The minimum Gasteiger partial charge on any atom is -0.474 e. The van der Waals surface area contributed by atoms with E-state index in [1.165, 1.54) is 28.5 Å². The second-order valence-electron chi connectivity index (χ2n) is 8.30. The summed E-state index contributed by atoms with van der Waals surface area (Å²) in [4.78, 5) is 12.8. The average molecular weight is 401 g/mol. The van der Waals surface area contributed by atoms with Crippen molar-refractivity contribution in [2.75, 3.05) is 11.9 Å². The summed E-state index contributed by atoms with van der Waals surface area (Å²) in [6.45, 7) is 4.30. The largest absolute Gasteiger partial charge is 0.474 e. The zero-order valence-electron chi connectivity index (χ0n) is 15.9. The molecule has 5 rings (SSSR count). The van der Waals surface area contributed by atoms with Crippen molar-refractivity contribution in [3.8, 4) is 5.88 Å². The van der Waals surface area contributed by atoms with Crippen molar-refractivity contribution in [3.63, 3.8) is 0 Å². The molecule has 0 spiro atoms. The number of amides is 2. The minimum absolute atomic E-state index is 0.152. The smallest absolute Gasteiger partial charge is 0.354 e. The van der Waals surface area contributed by atoms with E-state index in [0.717, 1.165) is 37.8 Å². The van der Waals surface area contributed by atoms with Crippen molar-refractivity contribution in [1.29, 1.82) is 0 Å². The number of aromatic nitrogens is 2. The molecule has 0 fully saturated rings. The van der Waals surface area contributed by atoms with Gasteiger partial charge in [-0.05, 0) is 68.2 Å². The maximum atomic E-state index is 13.0. The Morgan fingerprint density at radius 1 is 1.29 bits per heavy atom. The van der Waals surface area contributed by atoms with Crippen molar-refractivity contribution >= 4 is 21.6 Å². The number of ether oxygens (including phenoxy) is 1. The van der Waals surface area contributed by atoms with E-state index in [4.69, 9.17) is 9.88 Å². The van der Waals surface area contributed by atoms with Crippen LogP contribution in [0.3, 0.4) is 0 Å². The fourth-order valence-electron chi connectivity index (χ4n) is 4.29. The molecule has 1 aromatic heterocycles. The van der Waals surface area contributed by atoms with Crippen LogP contribution in [0.1, 0.15) is 42.5 Å². The van der Waals surface area contributed by atoms with Crippen LogP contribution in [0.25, 0.3) is 0 Å². The van der Waals surface area contributed by atoms with Gasteiger partial charge in [-0.2, -0.15) is 5.10 Å². The topological polar surface area (TPSA) is 112 Å². The first-order valence-corrected chi connectivity index (χ1v) is 11.1. The third-order valence-corrected chi connectivity index (χ3v) is 7.19. The van der Waals surface area contributed by atoms with Gasteiger partial charge in [0.2, 0.25) is 5.88 Å². The molecule has 3 aliphatic rings. The Kier molecular flexibility index (Phi) is 3.67. The molecule has 2 aromatic rings. The Morgan fingerprint density at radius 3 is 2.79 bits per heavy atom. The lowest BCUT2D eigenvalue weighted by atomic mass is 9.83. The number of carbonyl (C=O) groups excluding carboxylic acids is 1. The molecule has 0 bridgehead atoms. The first-order valence-electron chi connectivity index (χ1n) is 9.50. The van der Waals surface area contributed by atoms with Crippen LogP contribution in [0.5, 0.6) is 5.88 Å². The highest BCUT2D eigenvalue weighted by molar-refractivity contribution is 7.91. The van der Waals surface area contributed by atoms with E-state index in [0.29, 0.717) is 12.5 Å². The summed E-state index contributed by atoms with van der Waals surface area (Å²) in [6, 6.07) is 1.56. The highest BCUT2D eigenvalue weighted by Crippen LogP contribution is 2.40. The van der Waals surface area contributed by atoms with Crippen LogP contribution in [0.4, 0.5) is 10.5 Å². The van der Waals surface area contributed by atoms with Crippen LogP contribution in [-0.4, -0.2) is 26.6 Å². The van der Waals surface area contributed by atoms with Gasteiger partial charge >= 0.3 is 6.03 Å². The predicted octanol–water partition coefficient (Wildman–Crippen LogP) is 2.53. The highest BCUT2D eigenvalue weighted by atomic mass is 32.2. The van der Waals surface area contributed by atoms with Crippen LogP contribution in [0.2, 0.25) is 0 Å². The monoisotopic (exact) mass is 401 g/mol. The number of nitrogens with one attached hydrogen (secondary N) is 1. The molecule has 2 amide bonds. The van der Waals surface area contributed by atoms with Gasteiger partial charge in [-0.25, -0.2) is 18.8 Å². The second-order valence-corrected chi connectivity index (χ2v) is 10.1. The normalized spacial score (nSPS) is 20.2. The number of rotatable bonds is 2. The van der Waals surface area contributed by atoms with Gasteiger partial charge in [0.25, 0.3) is 0 Å². The molecule has 0 saturated heterocycles. The third-order valence-electron chi connectivity index (χ3n) is 5.84. The molecule has 3 N–H and O–H groups in total. The van der Waals surface area contributed by atoms with Gasteiger partial charge in [0, 0.05) is 5.69 Å². The Labute approximate surface area is 163 Å². The second kappa shape index (κ2) is 5.81. The van der Waals surface area contributed by atoms with Crippen molar-refractivity contribution in [2.45, 2.75) is 56.4 Å². The lowest BCUT2D eigenvalue weighted by Crippen LogP contribution is -2.26. The molecular formula is C19H23N5O3S. The molecule has 9 heteroatoms. The molecular weight excluding hydrogens is 378 g/mol. The van der Waals surface area contributed by atoms with Crippen LogP contribution in [0, 0.1) is 0 Å². The number of nitrogens with two attached hydrogens (primary N) is 1. The quantitative estimate of drug-likeness (QED) is 0.805. The summed E-state index contributed by atoms with van der Waals surface area (Å²) in [6.07, 6.45) is 6.41. The molecule has 0 saturated carbocycles. The molecule has 8 nitrogen and oxygen atoms in total. The first-order chi connectivity index (χ1) is 13.3. The number of urea groups is 1. The van der Waals surface area contributed by atoms with Crippen molar-refractivity contribution in [3.05, 3.63) is 34.5 Å². The number of carbonyl (C=O) groups is 1. The number of benzene rings is 1. The maximum absolute atomic E-state index is 13.0. The van der Waals surface area contributed by atoms with Crippen LogP contribution in [0.15, 0.2) is 21.5 Å². The molecule has 1 aliphatic heterocycles. The zero-order chi connectivity index (χ0) is 19.7. The number of hydrogen-bond donors (Lipinski definition) is 2. The van der Waals surface area contributed by atoms with Crippen LogP contribution >= 0.6 is 0 Å². The number of fused-ring (bicyclic) bond motifs is 3. The summed E-state index contributed by atoms with van der Waals surface area (Å²) in [7, 11) is -3.48. The molecule has 28 heavy (non-hydrogen) atoms. The lowest BCUT2D eigenvalue weighted by molar-refractivity contribution is 0.259. The lowest BCUT2D eigenvalue weighted by Gasteiger charge is -2.25.